The lowest BCUT2D eigenvalue weighted by Crippen LogP contribution is -2.41. The minimum atomic E-state index is -0.00204. The van der Waals surface area contributed by atoms with E-state index in [0.29, 0.717) is 0 Å². The van der Waals surface area contributed by atoms with Crippen molar-refractivity contribution in [1.29, 1.82) is 0 Å². The Bertz CT molecular complexity index is 207. The van der Waals surface area contributed by atoms with Gasteiger partial charge >= 0.3 is 0 Å². The average Bonchev–Trinajstić information content (AvgIpc) is 2.17. The van der Waals surface area contributed by atoms with Crippen molar-refractivity contribution < 1.29 is 5.11 Å². The van der Waals surface area contributed by atoms with E-state index in [1.165, 1.54) is 19.3 Å². The van der Waals surface area contributed by atoms with E-state index >= 15 is 0 Å². The summed E-state index contributed by atoms with van der Waals surface area (Å²) in [6.45, 7) is 7.14. The molecule has 2 saturated carbocycles. The fourth-order valence-electron chi connectivity index (χ4n) is 4.12. The van der Waals surface area contributed by atoms with Crippen molar-refractivity contribution in [2.45, 2.75) is 59.0 Å². The highest BCUT2D eigenvalue weighted by molar-refractivity contribution is 4.91. The smallest absolute Gasteiger partial charge is 0.0543 e. The van der Waals surface area contributed by atoms with Gasteiger partial charge in [-0.2, -0.15) is 0 Å². The summed E-state index contributed by atoms with van der Waals surface area (Å²) in [5, 5.41) is 9.83. The third kappa shape index (κ3) is 2.22. The quantitative estimate of drug-likeness (QED) is 0.702. The number of hydrogen-bond acceptors (Lipinski definition) is 1. The molecule has 15 heavy (non-hydrogen) atoms. The fourth-order valence-corrected chi connectivity index (χ4v) is 4.12. The van der Waals surface area contributed by atoms with E-state index in [-0.39, 0.29) is 6.10 Å². The van der Waals surface area contributed by atoms with Crippen LogP contribution >= 0.6 is 0 Å². The molecule has 0 heterocycles. The molecule has 1 nitrogen and oxygen atoms in total. The minimum absolute atomic E-state index is 0.00204. The monoisotopic (exact) mass is 210 g/mol. The zero-order chi connectivity index (χ0) is 11.0. The Kier molecular flexibility index (Phi) is 3.39. The maximum absolute atomic E-state index is 9.83. The van der Waals surface area contributed by atoms with Gasteiger partial charge in [-0.05, 0) is 55.3 Å². The zero-order valence-corrected chi connectivity index (χ0v) is 10.4. The van der Waals surface area contributed by atoms with E-state index in [2.05, 4.69) is 20.8 Å². The first-order chi connectivity index (χ1) is 7.09. The number of hydrogen-bond donors (Lipinski definition) is 1. The van der Waals surface area contributed by atoms with Crippen molar-refractivity contribution in [3.05, 3.63) is 0 Å². The second-order valence-electron chi connectivity index (χ2n) is 6.26. The normalized spacial score (nSPS) is 46.6. The van der Waals surface area contributed by atoms with Crippen molar-refractivity contribution in [3.63, 3.8) is 0 Å². The summed E-state index contributed by atoms with van der Waals surface area (Å²) in [4.78, 5) is 0. The molecule has 0 unspecified atom stereocenters. The topological polar surface area (TPSA) is 20.2 Å². The molecule has 0 aromatic carbocycles. The van der Waals surface area contributed by atoms with Gasteiger partial charge in [-0.1, -0.05) is 27.2 Å². The summed E-state index contributed by atoms with van der Waals surface area (Å²) < 4.78 is 0. The molecule has 0 saturated heterocycles. The Morgan fingerprint density at radius 2 is 1.73 bits per heavy atom. The largest absolute Gasteiger partial charge is 0.393 e. The Hall–Kier alpha value is -0.0400. The van der Waals surface area contributed by atoms with Gasteiger partial charge in [0, 0.05) is 0 Å². The third-order valence-corrected chi connectivity index (χ3v) is 5.02. The molecule has 1 heteroatoms. The molecule has 2 fully saturated rings. The molecule has 0 aromatic rings. The van der Waals surface area contributed by atoms with Crippen LogP contribution in [-0.4, -0.2) is 11.2 Å². The lowest BCUT2D eigenvalue weighted by atomic mass is 9.59. The van der Waals surface area contributed by atoms with Crippen molar-refractivity contribution in [2.75, 3.05) is 0 Å². The van der Waals surface area contributed by atoms with E-state index in [0.717, 1.165) is 42.4 Å². The number of rotatable bonds is 1. The highest BCUT2D eigenvalue weighted by Crippen LogP contribution is 2.48. The summed E-state index contributed by atoms with van der Waals surface area (Å²) in [5.74, 6) is 4.31. The van der Waals surface area contributed by atoms with Gasteiger partial charge in [0.15, 0.2) is 0 Å². The molecule has 0 amide bonds. The van der Waals surface area contributed by atoms with Gasteiger partial charge in [0.2, 0.25) is 0 Å². The lowest BCUT2D eigenvalue weighted by Gasteiger charge is -2.47. The van der Waals surface area contributed by atoms with Crippen LogP contribution in [0.25, 0.3) is 0 Å². The second-order valence-corrected chi connectivity index (χ2v) is 6.26. The van der Waals surface area contributed by atoms with Gasteiger partial charge in [0.05, 0.1) is 6.10 Å². The predicted octanol–water partition coefficient (Wildman–Crippen LogP) is 3.47. The first-order valence-electron chi connectivity index (χ1n) is 6.77. The molecular weight excluding hydrogens is 184 g/mol. The molecule has 2 aliphatic rings. The van der Waals surface area contributed by atoms with E-state index in [4.69, 9.17) is 0 Å². The molecule has 0 bridgehead atoms. The Morgan fingerprint density at radius 3 is 2.40 bits per heavy atom. The van der Waals surface area contributed by atoms with Gasteiger partial charge < -0.3 is 5.11 Å². The first kappa shape index (κ1) is 11.4. The molecule has 0 aromatic heterocycles. The summed E-state index contributed by atoms with van der Waals surface area (Å²) >= 11 is 0. The maximum atomic E-state index is 9.83. The van der Waals surface area contributed by atoms with Crippen molar-refractivity contribution in [2.24, 2.45) is 29.6 Å². The number of fused-ring (bicyclic) bond motifs is 1. The molecule has 0 aliphatic heterocycles. The SMILES string of the molecule is CC(C)[C@@H]1CC[C@@H](C)[C@@H]2CC[C@H](O)C[C@@H]21. The molecular formula is C14H26O. The zero-order valence-electron chi connectivity index (χ0n) is 10.4. The van der Waals surface area contributed by atoms with Crippen LogP contribution in [0.2, 0.25) is 0 Å². The molecule has 2 aliphatic carbocycles. The number of aliphatic hydroxyl groups excluding tert-OH is 1. The van der Waals surface area contributed by atoms with Crippen LogP contribution in [0.1, 0.15) is 52.9 Å². The standard InChI is InChI=1S/C14H26O/c1-9(2)12-6-4-10(3)13-7-5-11(15)8-14(12)13/h9-15H,4-8H2,1-3H3/t10-,11+,12+,13+,14-/m1/s1. The molecule has 0 radical (unpaired) electrons. The summed E-state index contributed by atoms with van der Waals surface area (Å²) in [7, 11) is 0. The molecule has 1 N–H and O–H groups in total. The van der Waals surface area contributed by atoms with Crippen LogP contribution in [0.15, 0.2) is 0 Å². The van der Waals surface area contributed by atoms with Crippen LogP contribution in [-0.2, 0) is 0 Å². The van der Waals surface area contributed by atoms with Crippen LogP contribution in [0.3, 0.4) is 0 Å². The Balaban J connectivity index is 2.10. The highest BCUT2D eigenvalue weighted by atomic mass is 16.3. The summed E-state index contributed by atoms with van der Waals surface area (Å²) in [6, 6.07) is 0. The van der Waals surface area contributed by atoms with E-state index in [1.54, 1.807) is 0 Å². The minimum Gasteiger partial charge on any atom is -0.393 e. The summed E-state index contributed by atoms with van der Waals surface area (Å²) in [5.41, 5.74) is 0. The van der Waals surface area contributed by atoms with E-state index < -0.39 is 0 Å². The molecule has 0 spiro atoms. The lowest BCUT2D eigenvalue weighted by molar-refractivity contribution is -0.0191. The average molecular weight is 210 g/mol. The predicted molar refractivity (Wildman–Crippen MR) is 63.6 cm³/mol. The van der Waals surface area contributed by atoms with Gasteiger partial charge in [0.25, 0.3) is 0 Å². The molecule has 2 rings (SSSR count). The molecule has 88 valence electrons. The van der Waals surface area contributed by atoms with Gasteiger partial charge in [0.1, 0.15) is 0 Å². The summed E-state index contributed by atoms with van der Waals surface area (Å²) in [6.07, 6.45) is 6.22. The van der Waals surface area contributed by atoms with Gasteiger partial charge in [-0.3, -0.25) is 0 Å². The molecule has 5 atom stereocenters. The van der Waals surface area contributed by atoms with Crippen LogP contribution in [0.5, 0.6) is 0 Å². The van der Waals surface area contributed by atoms with Gasteiger partial charge in [-0.25, -0.2) is 0 Å². The maximum Gasteiger partial charge on any atom is 0.0543 e. The van der Waals surface area contributed by atoms with Gasteiger partial charge in [-0.15, -0.1) is 0 Å². The first-order valence-corrected chi connectivity index (χ1v) is 6.77. The Morgan fingerprint density at radius 1 is 1.00 bits per heavy atom. The van der Waals surface area contributed by atoms with Crippen LogP contribution < -0.4 is 0 Å². The second kappa shape index (κ2) is 4.45. The number of aliphatic hydroxyl groups is 1. The third-order valence-electron chi connectivity index (χ3n) is 5.02. The van der Waals surface area contributed by atoms with Crippen LogP contribution in [0, 0.1) is 29.6 Å². The Labute approximate surface area is 94.3 Å². The van der Waals surface area contributed by atoms with E-state index in [9.17, 15) is 5.11 Å². The van der Waals surface area contributed by atoms with Crippen molar-refractivity contribution in [3.8, 4) is 0 Å². The van der Waals surface area contributed by atoms with Crippen LogP contribution in [0.4, 0.5) is 0 Å². The van der Waals surface area contributed by atoms with Crippen molar-refractivity contribution in [1.82, 2.24) is 0 Å². The highest BCUT2D eigenvalue weighted by Gasteiger charge is 2.41. The van der Waals surface area contributed by atoms with Crippen molar-refractivity contribution >= 4 is 0 Å². The van der Waals surface area contributed by atoms with E-state index in [1.807, 2.05) is 0 Å². The fraction of sp³-hybridized carbons (Fsp3) is 1.00.